The van der Waals surface area contributed by atoms with E-state index in [1.807, 2.05) is 19.6 Å². The van der Waals surface area contributed by atoms with Crippen molar-refractivity contribution in [3.05, 3.63) is 18.2 Å². The van der Waals surface area contributed by atoms with Crippen LogP contribution < -0.4 is 14.7 Å². The molecule has 1 aromatic carbocycles. The van der Waals surface area contributed by atoms with E-state index in [4.69, 9.17) is 4.74 Å². The van der Waals surface area contributed by atoms with Crippen LogP contribution in [0.1, 0.15) is 0 Å². The highest BCUT2D eigenvalue weighted by molar-refractivity contribution is 6.88. The predicted molar refractivity (Wildman–Crippen MR) is 62.7 cm³/mol. The lowest BCUT2D eigenvalue weighted by atomic mass is 10.3. The smallest absolute Gasteiger partial charge is 0.497 e. The van der Waals surface area contributed by atoms with Crippen molar-refractivity contribution in [2.75, 3.05) is 7.11 Å². The number of hydrogen-bond acceptors (Lipinski definition) is 2. The molecule has 6 heteroatoms. The molecule has 0 aliphatic rings. The van der Waals surface area contributed by atoms with E-state index in [9.17, 15) is 13.2 Å². The maximum atomic E-state index is 12.2. The Labute approximate surface area is 99.4 Å². The van der Waals surface area contributed by atoms with E-state index in [-0.39, 0.29) is 5.75 Å². The van der Waals surface area contributed by atoms with Gasteiger partial charge in [-0.3, -0.25) is 0 Å². The van der Waals surface area contributed by atoms with Gasteiger partial charge < -0.3 is 9.47 Å². The Morgan fingerprint density at radius 2 is 1.53 bits per heavy atom. The van der Waals surface area contributed by atoms with Gasteiger partial charge in [-0.1, -0.05) is 24.8 Å². The molecule has 0 saturated carbocycles. The average Bonchev–Trinajstić information content (AvgIpc) is 2.13. The molecule has 0 unspecified atom stereocenters. The van der Waals surface area contributed by atoms with Crippen LogP contribution in [0.4, 0.5) is 13.2 Å². The number of halogens is 3. The first-order valence-electron chi connectivity index (χ1n) is 5.07. The van der Waals surface area contributed by atoms with E-state index in [1.54, 1.807) is 6.07 Å². The molecule has 96 valence electrons. The Morgan fingerprint density at radius 1 is 1.00 bits per heavy atom. The first-order valence-corrected chi connectivity index (χ1v) is 8.57. The van der Waals surface area contributed by atoms with Crippen molar-refractivity contribution < 1.29 is 22.6 Å². The molecule has 0 heterocycles. The van der Waals surface area contributed by atoms with E-state index in [0.717, 1.165) is 5.19 Å². The summed E-state index contributed by atoms with van der Waals surface area (Å²) in [6.45, 7) is 6.12. The fourth-order valence-corrected chi connectivity index (χ4v) is 2.47. The zero-order valence-corrected chi connectivity index (χ0v) is 11.2. The first-order chi connectivity index (χ1) is 7.62. The quantitative estimate of drug-likeness (QED) is 0.781. The number of methoxy groups -OCH3 is 1. The summed E-state index contributed by atoms with van der Waals surface area (Å²) in [5.41, 5.74) is 0. The zero-order valence-electron chi connectivity index (χ0n) is 10.2. The maximum absolute atomic E-state index is 12.2. The van der Waals surface area contributed by atoms with E-state index in [0.29, 0.717) is 5.75 Å². The molecule has 17 heavy (non-hydrogen) atoms. The molecule has 1 aromatic rings. The minimum Gasteiger partial charge on any atom is -0.497 e. The van der Waals surface area contributed by atoms with Crippen LogP contribution in [0, 0.1) is 0 Å². The Morgan fingerprint density at radius 3 is 1.94 bits per heavy atom. The van der Waals surface area contributed by atoms with E-state index >= 15 is 0 Å². The van der Waals surface area contributed by atoms with Crippen LogP contribution in [0.5, 0.6) is 11.5 Å². The van der Waals surface area contributed by atoms with Crippen molar-refractivity contribution in [3.63, 3.8) is 0 Å². The lowest BCUT2D eigenvalue weighted by Crippen LogP contribution is -2.37. The van der Waals surface area contributed by atoms with E-state index in [1.165, 1.54) is 19.2 Å². The van der Waals surface area contributed by atoms with Gasteiger partial charge in [0, 0.05) is 6.07 Å². The van der Waals surface area contributed by atoms with Gasteiger partial charge in [0.15, 0.2) is 0 Å². The molecule has 0 amide bonds. The molecule has 0 aliphatic heterocycles. The standard InChI is InChI=1S/C11H15F3O2Si/c1-15-8-5-9(16-11(12,13)14)7-10(6-8)17(2,3)4/h5-7H,1-4H3. The first kappa shape index (κ1) is 13.9. The molecule has 0 aromatic heterocycles. The van der Waals surface area contributed by atoms with Crippen LogP contribution in [-0.2, 0) is 0 Å². The van der Waals surface area contributed by atoms with Gasteiger partial charge in [0.2, 0.25) is 0 Å². The van der Waals surface area contributed by atoms with Gasteiger partial charge in [-0.2, -0.15) is 0 Å². The Bertz CT molecular complexity index is 397. The summed E-state index contributed by atoms with van der Waals surface area (Å²) in [6.07, 6.45) is -4.68. The van der Waals surface area contributed by atoms with Crippen molar-refractivity contribution in [3.8, 4) is 11.5 Å². The summed E-state index contributed by atoms with van der Waals surface area (Å²) in [7, 11) is -0.298. The largest absolute Gasteiger partial charge is 0.573 e. The fraction of sp³-hybridized carbons (Fsp3) is 0.455. The maximum Gasteiger partial charge on any atom is 0.573 e. The highest BCUT2D eigenvalue weighted by Crippen LogP contribution is 2.26. The molecule has 0 aliphatic carbocycles. The third kappa shape index (κ3) is 4.30. The minimum absolute atomic E-state index is 0.228. The molecular formula is C11H15F3O2Si. The number of rotatable bonds is 3. The molecular weight excluding hydrogens is 249 g/mol. The van der Waals surface area contributed by atoms with Gasteiger partial charge in [-0.05, 0) is 12.1 Å². The summed E-state index contributed by atoms with van der Waals surface area (Å²) >= 11 is 0. The lowest BCUT2D eigenvalue weighted by Gasteiger charge is -2.19. The fourth-order valence-electron chi connectivity index (χ4n) is 1.32. The summed E-state index contributed by atoms with van der Waals surface area (Å²) in [4.78, 5) is 0. The Hall–Kier alpha value is -1.17. The second-order valence-corrected chi connectivity index (χ2v) is 9.77. The van der Waals surface area contributed by atoms with Crippen LogP contribution >= 0.6 is 0 Å². The molecule has 1 rings (SSSR count). The minimum atomic E-state index is -4.68. The molecule has 0 atom stereocenters. The van der Waals surface area contributed by atoms with Crippen LogP contribution in [-0.4, -0.2) is 21.5 Å². The van der Waals surface area contributed by atoms with Crippen molar-refractivity contribution >= 4 is 13.3 Å². The van der Waals surface area contributed by atoms with Gasteiger partial charge in [0.05, 0.1) is 15.2 Å². The summed E-state index contributed by atoms with van der Waals surface area (Å²) in [5, 5.41) is 0.858. The number of ether oxygens (including phenoxy) is 2. The average molecular weight is 264 g/mol. The molecule has 0 saturated heterocycles. The summed E-state index contributed by atoms with van der Waals surface area (Å²) in [6, 6.07) is 4.43. The normalized spacial score (nSPS) is 12.4. The second-order valence-electron chi connectivity index (χ2n) is 4.70. The van der Waals surface area contributed by atoms with Crippen molar-refractivity contribution in [2.24, 2.45) is 0 Å². The van der Waals surface area contributed by atoms with E-state index in [2.05, 4.69) is 4.74 Å². The van der Waals surface area contributed by atoms with Crippen LogP contribution in [0.2, 0.25) is 19.6 Å². The zero-order chi connectivity index (χ0) is 13.3. The van der Waals surface area contributed by atoms with Gasteiger partial charge in [0.1, 0.15) is 11.5 Å². The third-order valence-electron chi connectivity index (χ3n) is 2.22. The van der Waals surface area contributed by atoms with Crippen molar-refractivity contribution in [1.29, 1.82) is 0 Å². The van der Waals surface area contributed by atoms with Crippen molar-refractivity contribution in [1.82, 2.24) is 0 Å². The lowest BCUT2D eigenvalue weighted by molar-refractivity contribution is -0.274. The Kier molecular flexibility index (Phi) is 3.76. The molecule has 0 N–H and O–H groups in total. The Balaban J connectivity index is 3.15. The molecule has 0 bridgehead atoms. The van der Waals surface area contributed by atoms with E-state index < -0.39 is 14.4 Å². The van der Waals surface area contributed by atoms with Crippen LogP contribution in [0.3, 0.4) is 0 Å². The predicted octanol–water partition coefficient (Wildman–Crippen LogP) is 3.14. The monoisotopic (exact) mass is 264 g/mol. The van der Waals surface area contributed by atoms with Crippen LogP contribution in [0.15, 0.2) is 18.2 Å². The summed E-state index contributed by atoms with van der Waals surface area (Å²) < 4.78 is 45.4. The topological polar surface area (TPSA) is 18.5 Å². The van der Waals surface area contributed by atoms with Crippen LogP contribution in [0.25, 0.3) is 0 Å². The molecule has 0 radical (unpaired) electrons. The third-order valence-corrected chi connectivity index (χ3v) is 4.24. The second kappa shape index (κ2) is 4.60. The SMILES string of the molecule is COc1cc(OC(F)(F)F)cc([Si](C)(C)C)c1. The summed E-state index contributed by atoms with van der Waals surface area (Å²) in [5.74, 6) is 0.151. The van der Waals surface area contributed by atoms with Gasteiger partial charge in [-0.25, -0.2) is 0 Å². The molecule has 0 spiro atoms. The number of benzene rings is 1. The van der Waals surface area contributed by atoms with Gasteiger partial charge >= 0.3 is 6.36 Å². The molecule has 2 nitrogen and oxygen atoms in total. The van der Waals surface area contributed by atoms with Gasteiger partial charge in [-0.15, -0.1) is 13.2 Å². The number of hydrogen-bond donors (Lipinski definition) is 0. The van der Waals surface area contributed by atoms with Crippen molar-refractivity contribution in [2.45, 2.75) is 26.0 Å². The number of alkyl halides is 3. The molecule has 0 fully saturated rings. The van der Waals surface area contributed by atoms with Gasteiger partial charge in [0.25, 0.3) is 0 Å². The highest BCUT2D eigenvalue weighted by atomic mass is 28.3. The highest BCUT2D eigenvalue weighted by Gasteiger charge is 2.32.